The molecule has 0 aliphatic rings. The lowest BCUT2D eigenvalue weighted by atomic mass is 10.3. The van der Waals surface area contributed by atoms with Gasteiger partial charge in [0.2, 0.25) is 0 Å². The van der Waals surface area contributed by atoms with Gasteiger partial charge in [-0.1, -0.05) is 13.8 Å². The van der Waals surface area contributed by atoms with Crippen LogP contribution in [-0.4, -0.2) is 19.1 Å². The molecule has 0 unspecified atom stereocenters. The fourth-order valence-corrected chi connectivity index (χ4v) is 1.39. The average molecular weight is 210 g/mol. The van der Waals surface area contributed by atoms with Gasteiger partial charge in [-0.25, -0.2) is 0 Å². The fourth-order valence-electron chi connectivity index (χ4n) is 1.39. The Balaban J connectivity index is 1.85. The largest absolute Gasteiger partial charge is 0.468 e. The summed E-state index contributed by atoms with van der Waals surface area (Å²) in [4.78, 5) is 0. The maximum absolute atomic E-state index is 5.22. The van der Waals surface area contributed by atoms with Crippen molar-refractivity contribution in [1.82, 2.24) is 10.6 Å². The monoisotopic (exact) mass is 210 g/mol. The molecule has 0 fully saturated rings. The second-order valence-electron chi connectivity index (χ2n) is 4.07. The minimum atomic E-state index is 0.598. The summed E-state index contributed by atoms with van der Waals surface area (Å²) in [5.74, 6) is 1.01. The average Bonchev–Trinajstić information content (AvgIpc) is 2.68. The van der Waals surface area contributed by atoms with Crippen LogP contribution in [0.25, 0.3) is 0 Å². The van der Waals surface area contributed by atoms with E-state index in [0.717, 1.165) is 25.4 Å². The van der Waals surface area contributed by atoms with E-state index >= 15 is 0 Å². The molecule has 1 rings (SSSR count). The molecule has 0 aromatic carbocycles. The smallest absolute Gasteiger partial charge is 0.117 e. The van der Waals surface area contributed by atoms with E-state index in [1.54, 1.807) is 6.26 Å². The summed E-state index contributed by atoms with van der Waals surface area (Å²) in [6.45, 7) is 7.36. The van der Waals surface area contributed by atoms with E-state index in [0.29, 0.717) is 6.04 Å². The second-order valence-corrected chi connectivity index (χ2v) is 4.07. The van der Waals surface area contributed by atoms with Crippen molar-refractivity contribution in [2.45, 2.75) is 39.3 Å². The first-order chi connectivity index (χ1) is 7.29. The predicted molar refractivity (Wildman–Crippen MR) is 62.8 cm³/mol. The summed E-state index contributed by atoms with van der Waals surface area (Å²) in [6.07, 6.45) is 4.15. The summed E-state index contributed by atoms with van der Waals surface area (Å²) >= 11 is 0. The molecule has 1 heterocycles. The van der Waals surface area contributed by atoms with Gasteiger partial charge in [0, 0.05) is 6.04 Å². The van der Waals surface area contributed by atoms with Gasteiger partial charge in [-0.05, 0) is 38.1 Å². The Morgan fingerprint density at radius 2 is 2.07 bits per heavy atom. The molecule has 0 atom stereocenters. The second kappa shape index (κ2) is 7.49. The Labute approximate surface area is 92.2 Å². The topological polar surface area (TPSA) is 37.2 Å². The molecular weight excluding hydrogens is 188 g/mol. The van der Waals surface area contributed by atoms with E-state index in [1.165, 1.54) is 12.8 Å². The molecule has 15 heavy (non-hydrogen) atoms. The molecule has 0 amide bonds. The van der Waals surface area contributed by atoms with Crippen LogP contribution in [0, 0.1) is 0 Å². The van der Waals surface area contributed by atoms with Crippen LogP contribution >= 0.6 is 0 Å². The molecule has 0 saturated heterocycles. The Bertz CT molecular complexity index is 232. The highest BCUT2D eigenvalue weighted by Gasteiger charge is 1.95. The molecule has 0 radical (unpaired) electrons. The number of unbranched alkanes of at least 4 members (excludes halogenated alkanes) is 1. The minimum absolute atomic E-state index is 0.598. The minimum Gasteiger partial charge on any atom is -0.468 e. The van der Waals surface area contributed by atoms with Gasteiger partial charge in [-0.3, -0.25) is 0 Å². The molecule has 1 aromatic rings. The van der Waals surface area contributed by atoms with Crippen molar-refractivity contribution in [3.05, 3.63) is 24.2 Å². The first-order valence-electron chi connectivity index (χ1n) is 5.75. The van der Waals surface area contributed by atoms with Crippen molar-refractivity contribution in [2.24, 2.45) is 0 Å². The molecule has 0 bridgehead atoms. The highest BCUT2D eigenvalue weighted by molar-refractivity contribution is 4.97. The van der Waals surface area contributed by atoms with Crippen LogP contribution in [0.15, 0.2) is 22.8 Å². The van der Waals surface area contributed by atoms with Gasteiger partial charge in [0.15, 0.2) is 0 Å². The number of nitrogens with one attached hydrogen (secondary N) is 2. The lowest BCUT2D eigenvalue weighted by Crippen LogP contribution is -2.24. The summed E-state index contributed by atoms with van der Waals surface area (Å²) in [5, 5.41) is 6.76. The predicted octanol–water partition coefficient (Wildman–Crippen LogP) is 2.15. The zero-order chi connectivity index (χ0) is 10.9. The number of hydrogen-bond acceptors (Lipinski definition) is 3. The Hall–Kier alpha value is -0.800. The summed E-state index contributed by atoms with van der Waals surface area (Å²) in [6, 6.07) is 4.51. The van der Waals surface area contributed by atoms with Crippen LogP contribution in [0.2, 0.25) is 0 Å². The quantitative estimate of drug-likeness (QED) is 0.646. The SMILES string of the molecule is CC(C)NCCCCNCc1ccco1. The molecule has 3 nitrogen and oxygen atoms in total. The van der Waals surface area contributed by atoms with E-state index in [9.17, 15) is 0 Å². The van der Waals surface area contributed by atoms with Crippen molar-refractivity contribution in [1.29, 1.82) is 0 Å². The maximum atomic E-state index is 5.22. The normalized spacial score (nSPS) is 11.1. The third-order valence-electron chi connectivity index (χ3n) is 2.21. The van der Waals surface area contributed by atoms with Crippen LogP contribution < -0.4 is 10.6 Å². The third kappa shape index (κ3) is 6.31. The van der Waals surface area contributed by atoms with Crippen LogP contribution in [0.3, 0.4) is 0 Å². The zero-order valence-corrected chi connectivity index (χ0v) is 9.75. The van der Waals surface area contributed by atoms with Crippen LogP contribution in [0.5, 0.6) is 0 Å². The number of rotatable bonds is 8. The molecule has 2 N–H and O–H groups in total. The van der Waals surface area contributed by atoms with Crippen LogP contribution in [0.1, 0.15) is 32.4 Å². The van der Waals surface area contributed by atoms with E-state index in [1.807, 2.05) is 12.1 Å². The van der Waals surface area contributed by atoms with Gasteiger partial charge in [0.25, 0.3) is 0 Å². The van der Waals surface area contributed by atoms with Crippen molar-refractivity contribution in [3.8, 4) is 0 Å². The number of hydrogen-bond donors (Lipinski definition) is 2. The van der Waals surface area contributed by atoms with Gasteiger partial charge in [0.1, 0.15) is 5.76 Å². The fraction of sp³-hybridized carbons (Fsp3) is 0.667. The standard InChI is InChI=1S/C12H22N2O/c1-11(2)14-8-4-3-7-13-10-12-6-5-9-15-12/h5-6,9,11,13-14H,3-4,7-8,10H2,1-2H3. The molecule has 0 aliphatic heterocycles. The first kappa shape index (κ1) is 12.3. The van der Waals surface area contributed by atoms with E-state index in [-0.39, 0.29) is 0 Å². The summed E-state index contributed by atoms with van der Waals surface area (Å²) < 4.78 is 5.22. The number of furan rings is 1. The maximum Gasteiger partial charge on any atom is 0.117 e. The van der Waals surface area contributed by atoms with Crippen molar-refractivity contribution in [2.75, 3.05) is 13.1 Å². The van der Waals surface area contributed by atoms with E-state index in [4.69, 9.17) is 4.42 Å². The summed E-state index contributed by atoms with van der Waals surface area (Å²) in [5.41, 5.74) is 0. The Morgan fingerprint density at radius 1 is 1.27 bits per heavy atom. The molecule has 0 saturated carbocycles. The van der Waals surface area contributed by atoms with Gasteiger partial charge < -0.3 is 15.1 Å². The van der Waals surface area contributed by atoms with Gasteiger partial charge in [-0.15, -0.1) is 0 Å². The van der Waals surface area contributed by atoms with Crippen LogP contribution in [-0.2, 0) is 6.54 Å². The molecule has 0 spiro atoms. The molecule has 1 aromatic heterocycles. The molecule has 0 aliphatic carbocycles. The van der Waals surface area contributed by atoms with Crippen molar-refractivity contribution < 1.29 is 4.42 Å². The highest BCUT2D eigenvalue weighted by atomic mass is 16.3. The van der Waals surface area contributed by atoms with E-state index in [2.05, 4.69) is 24.5 Å². The lowest BCUT2D eigenvalue weighted by molar-refractivity contribution is 0.475. The molecule has 3 heteroatoms. The lowest BCUT2D eigenvalue weighted by Gasteiger charge is -2.07. The Kier molecular flexibility index (Phi) is 6.12. The van der Waals surface area contributed by atoms with Crippen molar-refractivity contribution in [3.63, 3.8) is 0 Å². The van der Waals surface area contributed by atoms with Crippen LogP contribution in [0.4, 0.5) is 0 Å². The van der Waals surface area contributed by atoms with Gasteiger partial charge in [-0.2, -0.15) is 0 Å². The van der Waals surface area contributed by atoms with Crippen molar-refractivity contribution >= 4 is 0 Å². The van der Waals surface area contributed by atoms with Gasteiger partial charge in [0.05, 0.1) is 12.8 Å². The Morgan fingerprint density at radius 3 is 2.73 bits per heavy atom. The van der Waals surface area contributed by atoms with E-state index < -0.39 is 0 Å². The first-order valence-corrected chi connectivity index (χ1v) is 5.75. The zero-order valence-electron chi connectivity index (χ0n) is 9.75. The van der Waals surface area contributed by atoms with Gasteiger partial charge >= 0.3 is 0 Å². The highest BCUT2D eigenvalue weighted by Crippen LogP contribution is 1.98. The molecule has 86 valence electrons. The summed E-state index contributed by atoms with van der Waals surface area (Å²) in [7, 11) is 0. The molecular formula is C12H22N2O. The third-order valence-corrected chi connectivity index (χ3v) is 2.21.